The van der Waals surface area contributed by atoms with E-state index in [4.69, 9.17) is 23.7 Å². The highest BCUT2D eigenvalue weighted by Crippen LogP contribution is 2.26. The summed E-state index contributed by atoms with van der Waals surface area (Å²) >= 11 is 4.90. The molecule has 1 saturated carbocycles. The first-order chi connectivity index (χ1) is 9.08. The van der Waals surface area contributed by atoms with Gasteiger partial charge in [0.25, 0.3) is 0 Å². The molecule has 1 aromatic heterocycles. The number of amides is 1. The van der Waals surface area contributed by atoms with Gasteiger partial charge in [0, 0.05) is 17.8 Å². The number of hydrogen-bond acceptors (Lipinski definition) is 4. The Labute approximate surface area is 118 Å². The number of nitrogens with zero attached hydrogens (tertiary/aromatic N) is 2. The molecule has 0 saturated heterocycles. The molecule has 19 heavy (non-hydrogen) atoms. The predicted octanol–water partition coefficient (Wildman–Crippen LogP) is 0.950. The maximum absolute atomic E-state index is 11.2. The van der Waals surface area contributed by atoms with Crippen molar-refractivity contribution >= 4 is 28.9 Å². The van der Waals surface area contributed by atoms with Crippen LogP contribution in [0.4, 0.5) is 5.82 Å². The fourth-order valence-electron chi connectivity index (χ4n) is 2.48. The minimum atomic E-state index is -0.341. The molecule has 0 bridgehead atoms. The van der Waals surface area contributed by atoms with Gasteiger partial charge < -0.3 is 16.4 Å². The lowest BCUT2D eigenvalue weighted by molar-refractivity contribution is -0.116. The first-order valence-corrected chi connectivity index (χ1v) is 6.79. The fourth-order valence-corrected chi connectivity index (χ4v) is 2.60. The summed E-state index contributed by atoms with van der Waals surface area (Å²) in [5.41, 5.74) is 11.6. The van der Waals surface area contributed by atoms with Crippen molar-refractivity contribution in [3.63, 3.8) is 0 Å². The normalized spacial score (nSPS) is 15.4. The van der Waals surface area contributed by atoms with E-state index < -0.39 is 0 Å². The van der Waals surface area contributed by atoms with Crippen LogP contribution in [0.3, 0.4) is 0 Å². The Morgan fingerprint density at radius 1 is 1.37 bits per heavy atom. The Balaban J connectivity index is 2.21. The van der Waals surface area contributed by atoms with Crippen LogP contribution in [0.1, 0.15) is 31.2 Å². The van der Waals surface area contributed by atoms with Gasteiger partial charge in [0.15, 0.2) is 0 Å². The molecule has 0 unspecified atom stereocenters. The number of nitrogens with two attached hydrogens (primary N) is 2. The zero-order chi connectivity index (χ0) is 13.8. The van der Waals surface area contributed by atoms with Crippen molar-refractivity contribution in [1.29, 1.82) is 0 Å². The average molecular weight is 278 g/mol. The van der Waals surface area contributed by atoms with Gasteiger partial charge in [0.2, 0.25) is 5.91 Å². The maximum Gasteiger partial charge on any atom is 0.237 e. The Kier molecular flexibility index (Phi) is 4.31. The number of aromatic nitrogens is 1. The van der Waals surface area contributed by atoms with E-state index in [9.17, 15) is 4.79 Å². The topological polar surface area (TPSA) is 85.2 Å². The lowest BCUT2D eigenvalue weighted by Crippen LogP contribution is -2.40. The number of carbonyl (C=O) groups is 1. The van der Waals surface area contributed by atoms with Crippen molar-refractivity contribution in [3.05, 3.63) is 23.9 Å². The van der Waals surface area contributed by atoms with Crippen LogP contribution in [-0.2, 0) is 4.79 Å². The van der Waals surface area contributed by atoms with Gasteiger partial charge in [-0.15, -0.1) is 0 Å². The van der Waals surface area contributed by atoms with Crippen LogP contribution in [0, 0.1) is 0 Å². The van der Waals surface area contributed by atoms with Crippen LogP contribution in [0.15, 0.2) is 18.3 Å². The standard InChI is InChI=1S/C13H18N4OS/c14-11(18)8-17(10-3-1-2-4-10)12-6-5-9(7-16-12)13(15)19/h5-7,10H,1-4,8H2,(H2,14,18)(H2,15,19). The number of rotatable bonds is 5. The molecule has 102 valence electrons. The van der Waals surface area contributed by atoms with E-state index in [-0.39, 0.29) is 12.5 Å². The number of thiocarbonyl (C=S) groups is 1. The van der Waals surface area contributed by atoms with Crippen molar-refractivity contribution in [2.45, 2.75) is 31.7 Å². The molecule has 5 nitrogen and oxygen atoms in total. The summed E-state index contributed by atoms with van der Waals surface area (Å²) in [6, 6.07) is 4.01. The third-order valence-electron chi connectivity index (χ3n) is 3.42. The van der Waals surface area contributed by atoms with Crippen LogP contribution < -0.4 is 16.4 Å². The minimum Gasteiger partial charge on any atom is -0.389 e. The summed E-state index contributed by atoms with van der Waals surface area (Å²) in [6.07, 6.45) is 6.16. The zero-order valence-corrected chi connectivity index (χ0v) is 11.5. The Hall–Kier alpha value is -1.69. The molecule has 4 N–H and O–H groups in total. The molecule has 0 radical (unpaired) electrons. The van der Waals surface area contributed by atoms with Crippen LogP contribution in [0.5, 0.6) is 0 Å². The number of hydrogen-bond donors (Lipinski definition) is 2. The van der Waals surface area contributed by atoms with Crippen molar-refractivity contribution in [2.75, 3.05) is 11.4 Å². The molecule has 0 spiro atoms. The van der Waals surface area contributed by atoms with Crippen molar-refractivity contribution < 1.29 is 4.79 Å². The monoisotopic (exact) mass is 278 g/mol. The van der Waals surface area contributed by atoms with Gasteiger partial charge in [-0.25, -0.2) is 4.98 Å². The summed E-state index contributed by atoms with van der Waals surface area (Å²) in [4.78, 5) is 17.9. The van der Waals surface area contributed by atoms with E-state index in [1.165, 1.54) is 12.8 Å². The average Bonchev–Trinajstić information content (AvgIpc) is 2.89. The largest absolute Gasteiger partial charge is 0.389 e. The summed E-state index contributed by atoms with van der Waals surface area (Å²) < 4.78 is 0. The molecule has 2 rings (SSSR count). The number of pyridine rings is 1. The quantitative estimate of drug-likeness (QED) is 0.783. The molecule has 6 heteroatoms. The predicted molar refractivity (Wildman–Crippen MR) is 78.9 cm³/mol. The van der Waals surface area contributed by atoms with E-state index in [1.807, 2.05) is 17.0 Å². The van der Waals surface area contributed by atoms with E-state index >= 15 is 0 Å². The molecule has 1 aromatic rings. The molecule has 1 aliphatic rings. The fraction of sp³-hybridized carbons (Fsp3) is 0.462. The SMILES string of the molecule is NC(=O)CN(c1ccc(C(N)=S)cn1)C1CCCC1. The second-order valence-electron chi connectivity index (χ2n) is 4.80. The van der Waals surface area contributed by atoms with Crippen LogP contribution in [0.25, 0.3) is 0 Å². The van der Waals surface area contributed by atoms with E-state index in [0.717, 1.165) is 24.2 Å². The van der Waals surface area contributed by atoms with Gasteiger partial charge in [-0.2, -0.15) is 0 Å². The molecule has 1 aliphatic carbocycles. The lowest BCUT2D eigenvalue weighted by Gasteiger charge is -2.28. The molecule has 0 atom stereocenters. The Bertz CT molecular complexity index is 468. The second kappa shape index (κ2) is 5.97. The van der Waals surface area contributed by atoms with Gasteiger partial charge >= 0.3 is 0 Å². The number of carbonyl (C=O) groups excluding carboxylic acids is 1. The van der Waals surface area contributed by atoms with Gasteiger partial charge in [-0.1, -0.05) is 25.1 Å². The van der Waals surface area contributed by atoms with Crippen LogP contribution >= 0.6 is 12.2 Å². The van der Waals surface area contributed by atoms with Crippen molar-refractivity contribution in [2.24, 2.45) is 11.5 Å². The van der Waals surface area contributed by atoms with E-state index in [1.54, 1.807) is 6.20 Å². The molecular formula is C13H18N4OS. The summed E-state index contributed by atoms with van der Waals surface area (Å²) in [5.74, 6) is 0.415. The highest BCUT2D eigenvalue weighted by molar-refractivity contribution is 7.80. The van der Waals surface area contributed by atoms with E-state index in [0.29, 0.717) is 11.0 Å². The van der Waals surface area contributed by atoms with Gasteiger partial charge in [-0.3, -0.25) is 4.79 Å². The number of anilines is 1. The van der Waals surface area contributed by atoms with Crippen LogP contribution in [-0.4, -0.2) is 28.5 Å². The third-order valence-corrected chi connectivity index (χ3v) is 3.65. The molecule has 1 amide bonds. The molecule has 0 aromatic carbocycles. The van der Waals surface area contributed by atoms with Crippen LogP contribution in [0.2, 0.25) is 0 Å². The highest BCUT2D eigenvalue weighted by Gasteiger charge is 2.24. The van der Waals surface area contributed by atoms with Crippen molar-refractivity contribution in [1.82, 2.24) is 4.98 Å². The lowest BCUT2D eigenvalue weighted by atomic mass is 10.2. The van der Waals surface area contributed by atoms with Crippen molar-refractivity contribution in [3.8, 4) is 0 Å². The highest BCUT2D eigenvalue weighted by atomic mass is 32.1. The summed E-state index contributed by atoms with van der Waals surface area (Å²) in [6.45, 7) is 0.198. The molecule has 1 heterocycles. The Morgan fingerprint density at radius 2 is 2.05 bits per heavy atom. The first-order valence-electron chi connectivity index (χ1n) is 6.38. The molecule has 1 fully saturated rings. The maximum atomic E-state index is 11.2. The molecule has 0 aliphatic heterocycles. The summed E-state index contributed by atoms with van der Waals surface area (Å²) in [5, 5.41) is 0. The third kappa shape index (κ3) is 3.41. The first kappa shape index (κ1) is 13.7. The molecular weight excluding hydrogens is 260 g/mol. The van der Waals surface area contributed by atoms with E-state index in [2.05, 4.69) is 4.98 Å². The second-order valence-corrected chi connectivity index (χ2v) is 5.24. The minimum absolute atomic E-state index is 0.198. The van der Waals surface area contributed by atoms with Gasteiger partial charge in [-0.05, 0) is 25.0 Å². The van der Waals surface area contributed by atoms with Gasteiger partial charge in [0.1, 0.15) is 10.8 Å². The van der Waals surface area contributed by atoms with Gasteiger partial charge in [0.05, 0.1) is 6.54 Å². The zero-order valence-electron chi connectivity index (χ0n) is 10.7. The Morgan fingerprint density at radius 3 is 2.53 bits per heavy atom. The number of primary amides is 1. The smallest absolute Gasteiger partial charge is 0.237 e. The summed E-state index contributed by atoms with van der Waals surface area (Å²) in [7, 11) is 0.